The maximum absolute atomic E-state index is 13.5. The Morgan fingerprint density at radius 2 is 1.64 bits per heavy atom. The molecule has 0 unspecified atom stereocenters. The van der Waals surface area contributed by atoms with Crippen molar-refractivity contribution in [1.29, 1.82) is 0 Å². The van der Waals surface area contributed by atoms with Crippen LogP contribution in [0.2, 0.25) is 0 Å². The summed E-state index contributed by atoms with van der Waals surface area (Å²) in [6.45, 7) is 10.1. The zero-order valence-electron chi connectivity index (χ0n) is 19.6. The largest absolute Gasteiger partial charge is 0.382 e. The highest BCUT2D eigenvalue weighted by Gasteiger charge is 2.42. The standard InChI is InChI=1S/C25H31N5O3/c1-4-33-16-6-11-30-23(31)21(20-8-7-18(2)19(3)17-20)22(24(30)32)28-12-14-29(15-13-28)25-26-9-5-10-27-25/h5,7-10,17H,4,6,11-16H2,1-3H3. The van der Waals surface area contributed by atoms with E-state index in [1.54, 1.807) is 18.5 Å². The fourth-order valence-electron chi connectivity index (χ4n) is 4.27. The molecule has 2 aromatic rings. The van der Waals surface area contributed by atoms with E-state index in [1.165, 1.54) is 4.90 Å². The molecule has 174 valence electrons. The van der Waals surface area contributed by atoms with Crippen LogP contribution in [-0.4, -0.2) is 77.5 Å². The normalized spacial score (nSPS) is 16.9. The van der Waals surface area contributed by atoms with Gasteiger partial charge >= 0.3 is 0 Å². The van der Waals surface area contributed by atoms with Gasteiger partial charge in [-0.05, 0) is 49.9 Å². The van der Waals surface area contributed by atoms with Crippen LogP contribution in [0.1, 0.15) is 30.0 Å². The Morgan fingerprint density at radius 3 is 2.30 bits per heavy atom. The monoisotopic (exact) mass is 449 g/mol. The highest BCUT2D eigenvalue weighted by Crippen LogP contribution is 2.33. The van der Waals surface area contributed by atoms with E-state index in [0.29, 0.717) is 69.6 Å². The van der Waals surface area contributed by atoms with Gasteiger partial charge in [-0.1, -0.05) is 18.2 Å². The molecule has 1 fully saturated rings. The number of ether oxygens (including phenoxy) is 1. The van der Waals surface area contributed by atoms with Crippen LogP contribution in [0.3, 0.4) is 0 Å². The second kappa shape index (κ2) is 10.1. The number of piperazine rings is 1. The zero-order chi connectivity index (χ0) is 23.4. The van der Waals surface area contributed by atoms with Crippen LogP contribution in [0.15, 0.2) is 42.4 Å². The number of amides is 2. The second-order valence-electron chi connectivity index (χ2n) is 8.36. The van der Waals surface area contributed by atoms with Crippen LogP contribution in [0.4, 0.5) is 5.95 Å². The Balaban J connectivity index is 1.60. The topological polar surface area (TPSA) is 78.9 Å². The van der Waals surface area contributed by atoms with Crippen molar-refractivity contribution in [1.82, 2.24) is 19.8 Å². The Bertz CT molecular complexity index is 1050. The molecule has 8 heteroatoms. The third-order valence-electron chi connectivity index (χ3n) is 6.24. The first kappa shape index (κ1) is 22.9. The molecule has 0 bridgehead atoms. The molecule has 0 saturated carbocycles. The van der Waals surface area contributed by atoms with Crippen molar-refractivity contribution in [2.45, 2.75) is 27.2 Å². The van der Waals surface area contributed by atoms with E-state index in [0.717, 1.165) is 16.7 Å². The summed E-state index contributed by atoms with van der Waals surface area (Å²) >= 11 is 0. The molecule has 1 saturated heterocycles. The molecule has 33 heavy (non-hydrogen) atoms. The summed E-state index contributed by atoms with van der Waals surface area (Å²) < 4.78 is 5.41. The van der Waals surface area contributed by atoms with E-state index in [9.17, 15) is 9.59 Å². The SMILES string of the molecule is CCOCCCN1C(=O)C(c2ccc(C)c(C)c2)=C(N2CCN(c3ncccn3)CC2)C1=O. The average Bonchev–Trinajstić information content (AvgIpc) is 3.09. The number of anilines is 1. The Morgan fingerprint density at radius 1 is 0.939 bits per heavy atom. The summed E-state index contributed by atoms with van der Waals surface area (Å²) in [5.41, 5.74) is 4.06. The van der Waals surface area contributed by atoms with Gasteiger partial charge in [0.1, 0.15) is 5.70 Å². The van der Waals surface area contributed by atoms with Gasteiger partial charge in [-0.2, -0.15) is 0 Å². The Labute approximate surface area is 194 Å². The maximum Gasteiger partial charge on any atom is 0.277 e. The molecule has 2 aliphatic rings. The number of benzene rings is 1. The predicted molar refractivity (Wildman–Crippen MR) is 126 cm³/mol. The number of carbonyl (C=O) groups is 2. The lowest BCUT2D eigenvalue weighted by Gasteiger charge is -2.36. The number of aryl methyl sites for hydroxylation is 2. The van der Waals surface area contributed by atoms with Gasteiger partial charge in [0.15, 0.2) is 0 Å². The smallest absolute Gasteiger partial charge is 0.277 e. The Kier molecular flexibility index (Phi) is 7.03. The van der Waals surface area contributed by atoms with Crippen LogP contribution in [0.25, 0.3) is 5.57 Å². The van der Waals surface area contributed by atoms with Crippen LogP contribution in [0, 0.1) is 13.8 Å². The minimum atomic E-state index is -0.219. The molecular weight excluding hydrogens is 418 g/mol. The second-order valence-corrected chi connectivity index (χ2v) is 8.36. The summed E-state index contributed by atoms with van der Waals surface area (Å²) in [4.78, 5) is 41.2. The molecule has 1 aromatic carbocycles. The number of hydrogen-bond acceptors (Lipinski definition) is 7. The van der Waals surface area contributed by atoms with Gasteiger partial charge in [0.2, 0.25) is 5.95 Å². The van der Waals surface area contributed by atoms with Crippen LogP contribution in [-0.2, 0) is 14.3 Å². The molecular formula is C25H31N5O3. The van der Waals surface area contributed by atoms with Crippen molar-refractivity contribution in [3.05, 3.63) is 59.0 Å². The maximum atomic E-state index is 13.5. The van der Waals surface area contributed by atoms with E-state index in [1.807, 2.05) is 43.9 Å². The van der Waals surface area contributed by atoms with Gasteiger partial charge < -0.3 is 14.5 Å². The average molecular weight is 450 g/mol. The van der Waals surface area contributed by atoms with Gasteiger partial charge in [0.05, 0.1) is 5.57 Å². The van der Waals surface area contributed by atoms with Gasteiger partial charge in [0, 0.05) is 58.3 Å². The van der Waals surface area contributed by atoms with E-state index in [4.69, 9.17) is 4.74 Å². The van der Waals surface area contributed by atoms with Crippen molar-refractivity contribution in [2.24, 2.45) is 0 Å². The van der Waals surface area contributed by atoms with Crippen molar-refractivity contribution in [2.75, 3.05) is 50.8 Å². The molecule has 2 amide bonds. The zero-order valence-corrected chi connectivity index (χ0v) is 19.6. The first-order valence-electron chi connectivity index (χ1n) is 11.5. The highest BCUT2D eigenvalue weighted by atomic mass is 16.5. The lowest BCUT2D eigenvalue weighted by Crippen LogP contribution is -2.48. The molecule has 0 aliphatic carbocycles. The number of hydrogen-bond donors (Lipinski definition) is 0. The minimum Gasteiger partial charge on any atom is -0.382 e. The molecule has 0 N–H and O–H groups in total. The van der Waals surface area contributed by atoms with Gasteiger partial charge in [-0.15, -0.1) is 0 Å². The summed E-state index contributed by atoms with van der Waals surface area (Å²) in [5.74, 6) is 0.254. The lowest BCUT2D eigenvalue weighted by atomic mass is 9.99. The number of nitrogens with zero attached hydrogens (tertiary/aromatic N) is 5. The van der Waals surface area contributed by atoms with Crippen LogP contribution < -0.4 is 4.90 Å². The van der Waals surface area contributed by atoms with Gasteiger partial charge in [0.25, 0.3) is 11.8 Å². The number of carbonyl (C=O) groups excluding carboxylic acids is 2. The molecule has 3 heterocycles. The van der Waals surface area contributed by atoms with E-state index in [-0.39, 0.29) is 11.8 Å². The van der Waals surface area contributed by atoms with Crippen molar-refractivity contribution in [3.63, 3.8) is 0 Å². The third-order valence-corrected chi connectivity index (χ3v) is 6.24. The van der Waals surface area contributed by atoms with Gasteiger partial charge in [-0.25, -0.2) is 9.97 Å². The Hall–Kier alpha value is -3.26. The molecule has 0 atom stereocenters. The summed E-state index contributed by atoms with van der Waals surface area (Å²) in [6, 6.07) is 7.76. The number of aromatic nitrogens is 2. The highest BCUT2D eigenvalue weighted by molar-refractivity contribution is 6.35. The lowest BCUT2D eigenvalue weighted by molar-refractivity contribution is -0.137. The fourth-order valence-corrected chi connectivity index (χ4v) is 4.27. The van der Waals surface area contributed by atoms with E-state index >= 15 is 0 Å². The quantitative estimate of drug-likeness (QED) is 0.452. The fraction of sp³-hybridized carbons (Fsp3) is 0.440. The minimum absolute atomic E-state index is 0.214. The third kappa shape index (κ3) is 4.75. The van der Waals surface area contributed by atoms with Gasteiger partial charge in [-0.3, -0.25) is 14.5 Å². The van der Waals surface area contributed by atoms with Crippen LogP contribution >= 0.6 is 0 Å². The van der Waals surface area contributed by atoms with E-state index in [2.05, 4.69) is 14.9 Å². The first-order valence-corrected chi connectivity index (χ1v) is 11.5. The van der Waals surface area contributed by atoms with Crippen molar-refractivity contribution in [3.8, 4) is 0 Å². The summed E-state index contributed by atoms with van der Waals surface area (Å²) in [5, 5.41) is 0. The van der Waals surface area contributed by atoms with Crippen molar-refractivity contribution >= 4 is 23.3 Å². The van der Waals surface area contributed by atoms with E-state index < -0.39 is 0 Å². The van der Waals surface area contributed by atoms with Crippen LogP contribution in [0.5, 0.6) is 0 Å². The summed E-state index contributed by atoms with van der Waals surface area (Å²) in [7, 11) is 0. The molecule has 0 spiro atoms. The molecule has 0 radical (unpaired) electrons. The predicted octanol–water partition coefficient (Wildman–Crippen LogP) is 2.42. The number of rotatable bonds is 8. The molecule has 4 rings (SSSR count). The summed E-state index contributed by atoms with van der Waals surface area (Å²) in [6.07, 6.45) is 4.08. The molecule has 8 nitrogen and oxygen atoms in total. The molecule has 2 aliphatic heterocycles. The molecule has 1 aromatic heterocycles. The van der Waals surface area contributed by atoms with Crippen molar-refractivity contribution < 1.29 is 14.3 Å². The number of imide groups is 1. The first-order chi connectivity index (χ1) is 16.0.